The Labute approximate surface area is 88.1 Å². The molecule has 0 spiro atoms. The third-order valence-corrected chi connectivity index (χ3v) is 1.98. The van der Waals surface area contributed by atoms with Gasteiger partial charge in [-0.15, -0.1) is 0 Å². The van der Waals surface area contributed by atoms with E-state index in [-0.39, 0.29) is 17.5 Å². The van der Waals surface area contributed by atoms with Crippen LogP contribution in [0.2, 0.25) is 0 Å². The number of hydrogen-bond donors (Lipinski definition) is 0. The Morgan fingerprint density at radius 2 is 2.07 bits per heavy atom. The molecular weight excluding hydrogens is 196 g/mol. The summed E-state index contributed by atoms with van der Waals surface area (Å²) < 4.78 is 5.91. The van der Waals surface area contributed by atoms with Crippen LogP contribution in [0.15, 0.2) is 6.20 Å². The highest BCUT2D eigenvalue weighted by Gasteiger charge is 2.18. The first kappa shape index (κ1) is 11.4. The summed E-state index contributed by atoms with van der Waals surface area (Å²) in [6, 6.07) is 0. The van der Waals surface area contributed by atoms with Gasteiger partial charge in [0.05, 0.1) is 7.11 Å². The lowest BCUT2D eigenvalue weighted by atomic mass is 10.2. The van der Waals surface area contributed by atoms with E-state index in [1.165, 1.54) is 24.8 Å². The van der Waals surface area contributed by atoms with Crippen molar-refractivity contribution in [3.05, 3.63) is 17.7 Å². The second kappa shape index (κ2) is 4.25. The van der Waals surface area contributed by atoms with Crippen molar-refractivity contribution in [1.82, 2.24) is 9.55 Å². The molecule has 1 aromatic rings. The summed E-state index contributed by atoms with van der Waals surface area (Å²) in [6.07, 6.45) is 1.41. The van der Waals surface area contributed by atoms with Crippen molar-refractivity contribution in [1.29, 1.82) is 0 Å². The van der Waals surface area contributed by atoms with Gasteiger partial charge in [0.1, 0.15) is 5.82 Å². The van der Waals surface area contributed by atoms with Crippen LogP contribution in [-0.4, -0.2) is 28.5 Å². The Bertz CT molecular complexity index is 393. The average Bonchev–Trinajstić information content (AvgIpc) is 2.61. The Hall–Kier alpha value is -1.65. The van der Waals surface area contributed by atoms with Gasteiger partial charge >= 0.3 is 5.97 Å². The first-order valence-corrected chi connectivity index (χ1v) is 4.66. The Kier molecular flexibility index (Phi) is 3.24. The molecule has 0 atom stereocenters. The van der Waals surface area contributed by atoms with Crippen LogP contribution in [0.4, 0.5) is 0 Å². The van der Waals surface area contributed by atoms with E-state index in [0.29, 0.717) is 5.82 Å². The lowest BCUT2D eigenvalue weighted by Crippen LogP contribution is -2.10. The van der Waals surface area contributed by atoms with E-state index in [4.69, 9.17) is 0 Å². The Morgan fingerprint density at radius 1 is 1.47 bits per heavy atom. The Balaban J connectivity index is 3.21. The predicted molar refractivity (Wildman–Crippen MR) is 54.0 cm³/mol. The fraction of sp³-hybridized carbons (Fsp3) is 0.500. The molecule has 0 bridgehead atoms. The van der Waals surface area contributed by atoms with Crippen molar-refractivity contribution in [2.24, 2.45) is 0 Å². The molecule has 0 unspecified atom stereocenters. The number of methoxy groups -OCH3 is 1. The largest absolute Gasteiger partial charge is 0.464 e. The third-order valence-electron chi connectivity index (χ3n) is 1.98. The zero-order valence-electron chi connectivity index (χ0n) is 9.27. The molecule has 0 N–H and O–H groups in total. The molecule has 0 saturated carbocycles. The van der Waals surface area contributed by atoms with E-state index in [9.17, 15) is 9.59 Å². The van der Waals surface area contributed by atoms with E-state index in [1.54, 1.807) is 0 Å². The van der Waals surface area contributed by atoms with Crippen LogP contribution in [-0.2, 0) is 4.74 Å². The van der Waals surface area contributed by atoms with E-state index >= 15 is 0 Å². The van der Waals surface area contributed by atoms with Gasteiger partial charge in [0, 0.05) is 19.0 Å². The zero-order chi connectivity index (χ0) is 11.6. The molecule has 0 amide bonds. The van der Waals surface area contributed by atoms with Crippen molar-refractivity contribution in [2.45, 2.75) is 26.7 Å². The van der Waals surface area contributed by atoms with E-state index in [1.807, 2.05) is 13.8 Å². The molecule has 1 aromatic heterocycles. The molecule has 1 heterocycles. The van der Waals surface area contributed by atoms with Crippen molar-refractivity contribution in [2.75, 3.05) is 7.11 Å². The van der Waals surface area contributed by atoms with Gasteiger partial charge in [0.15, 0.2) is 5.69 Å². The minimum Gasteiger partial charge on any atom is -0.464 e. The SMILES string of the molecule is COC(=O)c1cn(C(C)=O)c(C(C)C)n1. The normalized spacial score (nSPS) is 10.5. The highest BCUT2D eigenvalue weighted by Crippen LogP contribution is 2.14. The van der Waals surface area contributed by atoms with E-state index in [0.717, 1.165) is 0 Å². The zero-order valence-corrected chi connectivity index (χ0v) is 9.27. The predicted octanol–water partition coefficient (Wildman–Crippen LogP) is 1.45. The van der Waals surface area contributed by atoms with Crippen LogP contribution < -0.4 is 0 Å². The number of imidazole rings is 1. The lowest BCUT2D eigenvalue weighted by Gasteiger charge is -2.04. The molecule has 0 radical (unpaired) electrons. The number of hydrogen-bond acceptors (Lipinski definition) is 4. The monoisotopic (exact) mass is 210 g/mol. The Morgan fingerprint density at radius 3 is 2.40 bits per heavy atom. The highest BCUT2D eigenvalue weighted by atomic mass is 16.5. The van der Waals surface area contributed by atoms with Gasteiger partial charge < -0.3 is 4.74 Å². The number of carbonyl (C=O) groups is 2. The second-order valence-electron chi connectivity index (χ2n) is 3.52. The van der Waals surface area contributed by atoms with Crippen LogP contribution in [0.25, 0.3) is 0 Å². The maximum absolute atomic E-state index is 11.3. The maximum Gasteiger partial charge on any atom is 0.358 e. The molecule has 0 aliphatic carbocycles. The van der Waals surface area contributed by atoms with Crippen molar-refractivity contribution in [3.8, 4) is 0 Å². The number of esters is 1. The number of nitrogens with zero attached hydrogens (tertiary/aromatic N) is 2. The summed E-state index contributed by atoms with van der Waals surface area (Å²) >= 11 is 0. The van der Waals surface area contributed by atoms with Crippen LogP contribution in [0.5, 0.6) is 0 Å². The molecule has 0 saturated heterocycles. The van der Waals surface area contributed by atoms with E-state index < -0.39 is 5.97 Å². The van der Waals surface area contributed by atoms with Gasteiger partial charge in [-0.3, -0.25) is 9.36 Å². The number of ether oxygens (including phenoxy) is 1. The van der Waals surface area contributed by atoms with Crippen molar-refractivity contribution >= 4 is 11.9 Å². The third kappa shape index (κ3) is 2.23. The molecule has 0 aromatic carbocycles. The summed E-state index contributed by atoms with van der Waals surface area (Å²) in [5, 5.41) is 0. The molecule has 0 aliphatic heterocycles. The first-order valence-electron chi connectivity index (χ1n) is 4.66. The molecular formula is C10H14N2O3. The second-order valence-corrected chi connectivity index (χ2v) is 3.52. The number of aromatic nitrogens is 2. The summed E-state index contributed by atoms with van der Waals surface area (Å²) in [5.41, 5.74) is 0.163. The highest BCUT2D eigenvalue weighted by molar-refractivity contribution is 5.88. The van der Waals surface area contributed by atoms with Gasteiger partial charge in [-0.05, 0) is 0 Å². The van der Waals surface area contributed by atoms with Crippen LogP contribution in [0.1, 0.15) is 47.8 Å². The first-order chi connectivity index (χ1) is 6.97. The molecule has 5 nitrogen and oxygen atoms in total. The minimum atomic E-state index is -0.531. The fourth-order valence-electron chi connectivity index (χ4n) is 1.26. The molecule has 15 heavy (non-hydrogen) atoms. The quantitative estimate of drug-likeness (QED) is 0.693. The van der Waals surface area contributed by atoms with Crippen molar-refractivity contribution in [3.63, 3.8) is 0 Å². The van der Waals surface area contributed by atoms with Gasteiger partial charge in [-0.1, -0.05) is 13.8 Å². The fourth-order valence-corrected chi connectivity index (χ4v) is 1.26. The summed E-state index contributed by atoms with van der Waals surface area (Å²) in [7, 11) is 1.28. The smallest absolute Gasteiger partial charge is 0.358 e. The summed E-state index contributed by atoms with van der Waals surface area (Å²) in [4.78, 5) is 26.5. The molecule has 1 rings (SSSR count). The number of rotatable bonds is 2. The maximum atomic E-state index is 11.3. The van der Waals surface area contributed by atoms with Gasteiger partial charge in [0.25, 0.3) is 0 Å². The van der Waals surface area contributed by atoms with E-state index in [2.05, 4.69) is 9.72 Å². The molecule has 0 aliphatic rings. The summed E-state index contributed by atoms with van der Waals surface area (Å²) in [5.74, 6) is -0.0477. The molecule has 5 heteroatoms. The standard InChI is InChI=1S/C10H14N2O3/c1-6(2)9-11-8(10(14)15-4)5-12(9)7(3)13/h5-6H,1-4H3. The van der Waals surface area contributed by atoms with Gasteiger partial charge in [-0.2, -0.15) is 0 Å². The van der Waals surface area contributed by atoms with Gasteiger partial charge in [0.2, 0.25) is 5.91 Å². The summed E-state index contributed by atoms with van der Waals surface area (Å²) in [6.45, 7) is 5.24. The lowest BCUT2D eigenvalue weighted by molar-refractivity contribution is 0.0594. The molecule has 0 fully saturated rings. The minimum absolute atomic E-state index is 0.0762. The van der Waals surface area contributed by atoms with Gasteiger partial charge in [-0.25, -0.2) is 9.78 Å². The van der Waals surface area contributed by atoms with Crippen LogP contribution in [0, 0.1) is 0 Å². The van der Waals surface area contributed by atoms with Crippen molar-refractivity contribution < 1.29 is 14.3 Å². The molecule has 82 valence electrons. The number of carbonyl (C=O) groups excluding carboxylic acids is 2. The van der Waals surface area contributed by atoms with Crippen LogP contribution >= 0.6 is 0 Å². The van der Waals surface area contributed by atoms with Crippen LogP contribution in [0.3, 0.4) is 0 Å². The topological polar surface area (TPSA) is 61.2 Å². The average molecular weight is 210 g/mol.